The zero-order valence-electron chi connectivity index (χ0n) is 10.9. The van der Waals surface area contributed by atoms with Crippen molar-refractivity contribution in [1.82, 2.24) is 4.57 Å². The lowest BCUT2D eigenvalue weighted by Gasteiger charge is -2.23. The van der Waals surface area contributed by atoms with Crippen molar-refractivity contribution in [2.45, 2.75) is 57.6 Å². The van der Waals surface area contributed by atoms with E-state index < -0.39 is 5.79 Å². The molecule has 4 heteroatoms. The average molecular weight is 249 g/mol. The fourth-order valence-corrected chi connectivity index (χ4v) is 2.96. The van der Waals surface area contributed by atoms with Gasteiger partial charge in [-0.05, 0) is 39.2 Å². The van der Waals surface area contributed by atoms with Gasteiger partial charge >= 0.3 is 0 Å². The maximum absolute atomic E-state index is 11.9. The molecular weight excluding hydrogens is 230 g/mol. The number of ether oxygens (including phenoxy) is 2. The fraction of sp³-hybridized carbons (Fsp3) is 0.643. The molecule has 0 saturated carbocycles. The maximum Gasteiger partial charge on any atom is 0.250 e. The van der Waals surface area contributed by atoms with Crippen LogP contribution in [0.15, 0.2) is 23.0 Å². The number of aryl methyl sites for hydroxylation is 1. The minimum atomic E-state index is -0.530. The molecule has 0 N–H and O–H groups in total. The third-order valence-corrected chi connectivity index (χ3v) is 3.71. The van der Waals surface area contributed by atoms with Gasteiger partial charge in [0.15, 0.2) is 5.79 Å². The summed E-state index contributed by atoms with van der Waals surface area (Å²) in [4.78, 5) is 11.9. The largest absolute Gasteiger partial charge is 0.345 e. The predicted octanol–water partition coefficient (Wildman–Crippen LogP) is 1.70. The maximum atomic E-state index is 11.9. The van der Waals surface area contributed by atoms with Crippen LogP contribution < -0.4 is 5.56 Å². The zero-order valence-corrected chi connectivity index (χ0v) is 10.9. The summed E-state index contributed by atoms with van der Waals surface area (Å²) in [7, 11) is 0. The van der Waals surface area contributed by atoms with Gasteiger partial charge in [0.05, 0.1) is 12.6 Å². The number of fused-ring (bicyclic) bond motifs is 2. The standard InChI is InChI=1S/C14H19NO3/c1-14(2)17-11-7-3-5-10-6-4-8-13(16)15(10)9-12(11)18-14/h4,6,8,11-12H,3,5,7,9H2,1-2H3/t11-,12+/m0/s1. The second-order valence-corrected chi connectivity index (χ2v) is 5.57. The molecule has 1 fully saturated rings. The van der Waals surface area contributed by atoms with Gasteiger partial charge < -0.3 is 14.0 Å². The topological polar surface area (TPSA) is 40.5 Å². The molecule has 98 valence electrons. The van der Waals surface area contributed by atoms with Crippen molar-refractivity contribution >= 4 is 0 Å². The van der Waals surface area contributed by atoms with E-state index in [1.807, 2.05) is 30.5 Å². The molecule has 0 aliphatic carbocycles. The van der Waals surface area contributed by atoms with Crippen LogP contribution >= 0.6 is 0 Å². The lowest BCUT2D eigenvalue weighted by atomic mass is 10.0. The summed E-state index contributed by atoms with van der Waals surface area (Å²) in [5.41, 5.74) is 1.16. The van der Waals surface area contributed by atoms with Crippen molar-refractivity contribution in [3.63, 3.8) is 0 Å². The number of hydrogen-bond acceptors (Lipinski definition) is 3. The van der Waals surface area contributed by atoms with Crippen LogP contribution in [0.25, 0.3) is 0 Å². The first-order chi connectivity index (χ1) is 8.55. The third-order valence-electron chi connectivity index (χ3n) is 3.71. The Morgan fingerprint density at radius 1 is 1.28 bits per heavy atom. The molecule has 1 aromatic rings. The summed E-state index contributed by atoms with van der Waals surface area (Å²) in [5.74, 6) is -0.530. The Labute approximate surface area is 107 Å². The van der Waals surface area contributed by atoms with E-state index in [9.17, 15) is 4.79 Å². The Kier molecular flexibility index (Phi) is 2.79. The van der Waals surface area contributed by atoms with Gasteiger partial charge in [-0.1, -0.05) is 6.07 Å². The van der Waals surface area contributed by atoms with E-state index in [-0.39, 0.29) is 17.8 Å². The molecule has 1 aromatic heterocycles. The highest BCUT2D eigenvalue weighted by molar-refractivity contribution is 5.08. The van der Waals surface area contributed by atoms with Crippen LogP contribution in [0.4, 0.5) is 0 Å². The molecule has 3 rings (SSSR count). The van der Waals surface area contributed by atoms with Gasteiger partial charge in [-0.2, -0.15) is 0 Å². The van der Waals surface area contributed by atoms with Crippen LogP contribution in [-0.2, 0) is 22.4 Å². The first-order valence-corrected chi connectivity index (χ1v) is 6.59. The molecule has 0 amide bonds. The average Bonchev–Trinajstić information content (AvgIpc) is 2.55. The molecule has 2 aliphatic rings. The fourth-order valence-electron chi connectivity index (χ4n) is 2.96. The van der Waals surface area contributed by atoms with Crippen LogP contribution in [0.3, 0.4) is 0 Å². The van der Waals surface area contributed by atoms with Gasteiger partial charge in [0.2, 0.25) is 0 Å². The quantitative estimate of drug-likeness (QED) is 0.702. The smallest absolute Gasteiger partial charge is 0.250 e. The second kappa shape index (κ2) is 4.21. The minimum Gasteiger partial charge on any atom is -0.345 e. The molecule has 0 spiro atoms. The zero-order chi connectivity index (χ0) is 12.8. The number of rotatable bonds is 0. The molecule has 3 heterocycles. The van der Waals surface area contributed by atoms with Crippen molar-refractivity contribution in [3.8, 4) is 0 Å². The highest BCUT2D eigenvalue weighted by atomic mass is 16.7. The van der Waals surface area contributed by atoms with Crippen LogP contribution in [0, 0.1) is 0 Å². The Morgan fingerprint density at radius 3 is 2.89 bits per heavy atom. The predicted molar refractivity (Wildman–Crippen MR) is 67.5 cm³/mol. The Balaban J connectivity index is 1.95. The van der Waals surface area contributed by atoms with Gasteiger partial charge in [0.25, 0.3) is 5.56 Å². The summed E-state index contributed by atoms with van der Waals surface area (Å²) in [6.07, 6.45) is 3.06. The van der Waals surface area contributed by atoms with E-state index in [1.54, 1.807) is 6.07 Å². The minimum absolute atomic E-state index is 0.0147. The van der Waals surface area contributed by atoms with Crippen molar-refractivity contribution in [2.75, 3.05) is 0 Å². The van der Waals surface area contributed by atoms with Crippen molar-refractivity contribution in [3.05, 3.63) is 34.2 Å². The SMILES string of the molecule is CC1(C)O[C@H]2CCCc3cccc(=O)n3C[C@H]2O1. The number of hydrogen-bond donors (Lipinski definition) is 0. The molecule has 0 unspecified atom stereocenters. The molecule has 2 atom stereocenters. The molecule has 18 heavy (non-hydrogen) atoms. The second-order valence-electron chi connectivity index (χ2n) is 5.57. The first kappa shape index (κ1) is 11.9. The lowest BCUT2D eigenvalue weighted by Crippen LogP contribution is -2.35. The molecular formula is C14H19NO3. The van der Waals surface area contributed by atoms with Crippen LogP contribution in [0.5, 0.6) is 0 Å². The van der Waals surface area contributed by atoms with Gasteiger partial charge in [0, 0.05) is 11.8 Å². The molecule has 0 radical (unpaired) electrons. The van der Waals surface area contributed by atoms with Gasteiger partial charge in [-0.3, -0.25) is 4.79 Å². The van der Waals surface area contributed by atoms with E-state index >= 15 is 0 Å². The number of aromatic nitrogens is 1. The summed E-state index contributed by atoms with van der Waals surface area (Å²) in [5, 5.41) is 0. The monoisotopic (exact) mass is 249 g/mol. The van der Waals surface area contributed by atoms with Crippen molar-refractivity contribution in [1.29, 1.82) is 0 Å². The van der Waals surface area contributed by atoms with Gasteiger partial charge in [-0.15, -0.1) is 0 Å². The highest BCUT2D eigenvalue weighted by Crippen LogP contribution is 2.32. The highest BCUT2D eigenvalue weighted by Gasteiger charge is 2.41. The van der Waals surface area contributed by atoms with Crippen LogP contribution in [-0.4, -0.2) is 22.6 Å². The van der Waals surface area contributed by atoms with E-state index in [1.165, 1.54) is 0 Å². The van der Waals surface area contributed by atoms with E-state index in [0.717, 1.165) is 25.0 Å². The van der Waals surface area contributed by atoms with Gasteiger partial charge in [0.1, 0.15) is 6.10 Å². The summed E-state index contributed by atoms with van der Waals surface area (Å²) < 4.78 is 13.7. The number of pyridine rings is 1. The summed E-state index contributed by atoms with van der Waals surface area (Å²) in [6.45, 7) is 4.47. The van der Waals surface area contributed by atoms with Crippen molar-refractivity contribution in [2.24, 2.45) is 0 Å². The third kappa shape index (κ3) is 2.10. The van der Waals surface area contributed by atoms with Gasteiger partial charge in [-0.25, -0.2) is 0 Å². The van der Waals surface area contributed by atoms with Crippen LogP contribution in [0.1, 0.15) is 32.4 Å². The van der Waals surface area contributed by atoms with E-state index in [2.05, 4.69) is 0 Å². The Morgan fingerprint density at radius 2 is 2.06 bits per heavy atom. The molecule has 1 saturated heterocycles. The molecule has 2 aliphatic heterocycles. The molecule has 0 aromatic carbocycles. The summed E-state index contributed by atoms with van der Waals surface area (Å²) >= 11 is 0. The Hall–Kier alpha value is -1.13. The van der Waals surface area contributed by atoms with E-state index in [4.69, 9.17) is 9.47 Å². The van der Waals surface area contributed by atoms with Crippen molar-refractivity contribution < 1.29 is 9.47 Å². The van der Waals surface area contributed by atoms with E-state index in [0.29, 0.717) is 6.54 Å². The van der Waals surface area contributed by atoms with Crippen LogP contribution in [0.2, 0.25) is 0 Å². The normalized spacial score (nSPS) is 30.1. The molecule has 4 nitrogen and oxygen atoms in total. The first-order valence-electron chi connectivity index (χ1n) is 6.59. The summed E-state index contributed by atoms with van der Waals surface area (Å²) in [6, 6.07) is 5.48. The Bertz CT molecular complexity index is 506. The lowest BCUT2D eigenvalue weighted by molar-refractivity contribution is -0.147. The number of nitrogens with zero attached hydrogens (tertiary/aromatic N) is 1. The molecule has 0 bridgehead atoms.